The quantitative estimate of drug-likeness (QED) is 0.563. The van der Waals surface area contributed by atoms with Gasteiger partial charge in [-0.05, 0) is 24.3 Å². The summed E-state index contributed by atoms with van der Waals surface area (Å²) >= 11 is 0.865. The van der Waals surface area contributed by atoms with E-state index in [4.69, 9.17) is 5.73 Å². The highest BCUT2D eigenvalue weighted by atomic mass is 32.1. The van der Waals surface area contributed by atoms with E-state index in [9.17, 15) is 14.4 Å². The van der Waals surface area contributed by atoms with Crippen LogP contribution < -0.4 is 11.1 Å². The van der Waals surface area contributed by atoms with Crippen LogP contribution in [0.2, 0.25) is 0 Å². The minimum Gasteiger partial charge on any atom is -0.363 e. The van der Waals surface area contributed by atoms with Crippen LogP contribution in [0.15, 0.2) is 48.9 Å². The second-order valence-corrected chi connectivity index (χ2v) is 6.01. The van der Waals surface area contributed by atoms with Gasteiger partial charge >= 0.3 is 0 Å². The Kier molecular flexibility index (Phi) is 5.57. The molecule has 3 N–H and O–H groups in total. The summed E-state index contributed by atoms with van der Waals surface area (Å²) in [6.45, 7) is 0. The van der Waals surface area contributed by atoms with Crippen molar-refractivity contribution < 1.29 is 14.4 Å². The molecule has 136 valence electrons. The van der Waals surface area contributed by atoms with Crippen LogP contribution in [0.4, 0.5) is 0 Å². The maximum Gasteiger partial charge on any atom is 0.287 e. The first-order valence-electron chi connectivity index (χ1n) is 7.83. The predicted octanol–water partition coefficient (Wildman–Crippen LogP) is 0.391. The molecule has 2 amide bonds. The lowest BCUT2D eigenvalue weighted by atomic mass is 10.0. The Hall–Kier alpha value is -3.53. The van der Waals surface area contributed by atoms with Gasteiger partial charge in [0.25, 0.3) is 11.8 Å². The van der Waals surface area contributed by atoms with Gasteiger partial charge < -0.3 is 11.1 Å². The van der Waals surface area contributed by atoms with Gasteiger partial charge in [0.05, 0.1) is 11.7 Å². The molecule has 0 radical (unpaired) electrons. The zero-order chi connectivity index (χ0) is 19.2. The predicted molar refractivity (Wildman–Crippen MR) is 96.5 cm³/mol. The van der Waals surface area contributed by atoms with Crippen LogP contribution in [0.1, 0.15) is 16.2 Å². The minimum atomic E-state index is -1.16. The highest BCUT2D eigenvalue weighted by Gasteiger charge is 2.28. The van der Waals surface area contributed by atoms with E-state index < -0.39 is 23.6 Å². The summed E-state index contributed by atoms with van der Waals surface area (Å²) < 4.78 is 8.14. The zero-order valence-electron chi connectivity index (χ0n) is 13.9. The Morgan fingerprint density at radius 2 is 1.85 bits per heavy atom. The first-order chi connectivity index (χ1) is 13.1. The van der Waals surface area contributed by atoms with Gasteiger partial charge in [0.1, 0.15) is 11.7 Å². The molecule has 1 unspecified atom stereocenters. The van der Waals surface area contributed by atoms with Crippen molar-refractivity contribution in [2.24, 2.45) is 5.73 Å². The molecule has 0 fully saturated rings. The standard InChI is InChI=1S/C17H14N6O3S/c18-16(25)15(24)12(9-11-3-1-2-6-20-11)21-17(26)14-13(22-27-23-14)10-4-7-19-8-5-10/h1-8,12H,9H2,(H2,18,25)(H,21,26). The second-order valence-electron chi connectivity index (χ2n) is 5.48. The number of carbonyl (C=O) groups is 3. The summed E-state index contributed by atoms with van der Waals surface area (Å²) in [6.07, 6.45) is 4.71. The summed E-state index contributed by atoms with van der Waals surface area (Å²) in [5.74, 6) is -2.68. The molecule has 1 atom stereocenters. The number of carbonyl (C=O) groups excluding carboxylic acids is 3. The van der Waals surface area contributed by atoms with E-state index in [1.165, 1.54) is 0 Å². The van der Waals surface area contributed by atoms with E-state index in [-0.39, 0.29) is 12.1 Å². The van der Waals surface area contributed by atoms with Crippen molar-refractivity contribution in [3.63, 3.8) is 0 Å². The lowest BCUT2D eigenvalue weighted by molar-refractivity contribution is -0.137. The normalized spacial score (nSPS) is 11.6. The fourth-order valence-electron chi connectivity index (χ4n) is 2.37. The molecule has 10 heteroatoms. The molecule has 0 saturated heterocycles. The molecule has 0 aliphatic heterocycles. The maximum atomic E-state index is 12.7. The van der Waals surface area contributed by atoms with Gasteiger partial charge in [-0.15, -0.1) is 0 Å². The Bertz CT molecular complexity index is 961. The highest BCUT2D eigenvalue weighted by molar-refractivity contribution is 6.99. The first-order valence-corrected chi connectivity index (χ1v) is 8.56. The third-order valence-electron chi connectivity index (χ3n) is 3.66. The van der Waals surface area contributed by atoms with E-state index in [0.717, 1.165) is 11.7 Å². The lowest BCUT2D eigenvalue weighted by Gasteiger charge is -2.15. The minimum absolute atomic E-state index is 0.0243. The number of aromatic nitrogens is 4. The van der Waals surface area contributed by atoms with Crippen LogP contribution in [0, 0.1) is 0 Å². The number of rotatable bonds is 7. The molecular weight excluding hydrogens is 368 g/mol. The van der Waals surface area contributed by atoms with Crippen LogP contribution >= 0.6 is 11.7 Å². The van der Waals surface area contributed by atoms with E-state index in [2.05, 4.69) is 24.0 Å². The smallest absolute Gasteiger partial charge is 0.287 e. The monoisotopic (exact) mass is 382 g/mol. The van der Waals surface area contributed by atoms with Gasteiger partial charge in [-0.3, -0.25) is 24.4 Å². The SMILES string of the molecule is NC(=O)C(=O)C(Cc1ccccn1)NC(=O)c1nsnc1-c1ccncc1. The number of ketones is 1. The topological polar surface area (TPSA) is 141 Å². The lowest BCUT2D eigenvalue weighted by Crippen LogP contribution is -2.47. The van der Waals surface area contributed by atoms with Gasteiger partial charge in [0.15, 0.2) is 5.69 Å². The van der Waals surface area contributed by atoms with Gasteiger partial charge in [-0.1, -0.05) is 6.07 Å². The molecule has 0 aliphatic rings. The molecule has 0 bridgehead atoms. The number of nitrogens with one attached hydrogen (secondary N) is 1. The van der Waals surface area contributed by atoms with E-state index in [1.54, 1.807) is 48.9 Å². The molecule has 3 aromatic heterocycles. The molecule has 27 heavy (non-hydrogen) atoms. The maximum absolute atomic E-state index is 12.7. The highest BCUT2D eigenvalue weighted by Crippen LogP contribution is 2.21. The van der Waals surface area contributed by atoms with Crippen LogP contribution in [0.5, 0.6) is 0 Å². The van der Waals surface area contributed by atoms with Gasteiger partial charge in [-0.25, -0.2) is 0 Å². The fourth-order valence-corrected chi connectivity index (χ4v) is 2.94. The van der Waals surface area contributed by atoms with Crippen molar-refractivity contribution in [2.45, 2.75) is 12.5 Å². The van der Waals surface area contributed by atoms with Crippen molar-refractivity contribution in [3.8, 4) is 11.3 Å². The molecule has 0 spiro atoms. The van der Waals surface area contributed by atoms with E-state index >= 15 is 0 Å². The molecule has 0 saturated carbocycles. The fraction of sp³-hybridized carbons (Fsp3) is 0.118. The average molecular weight is 382 g/mol. The molecule has 3 rings (SSSR count). The van der Waals surface area contributed by atoms with Crippen molar-refractivity contribution in [2.75, 3.05) is 0 Å². The first kappa shape index (κ1) is 18.3. The number of nitrogens with two attached hydrogens (primary N) is 1. The Morgan fingerprint density at radius 1 is 1.07 bits per heavy atom. The van der Waals surface area contributed by atoms with Crippen LogP contribution in [-0.4, -0.2) is 42.4 Å². The van der Waals surface area contributed by atoms with Crippen molar-refractivity contribution in [3.05, 3.63) is 60.3 Å². The van der Waals surface area contributed by atoms with Crippen molar-refractivity contribution in [1.82, 2.24) is 24.0 Å². The Morgan fingerprint density at radius 3 is 2.52 bits per heavy atom. The number of amides is 2. The number of primary amides is 1. The van der Waals surface area contributed by atoms with Gasteiger partial charge in [0.2, 0.25) is 5.78 Å². The van der Waals surface area contributed by atoms with Crippen LogP contribution in [0.3, 0.4) is 0 Å². The molecular formula is C17H14N6O3S. The molecule has 3 aromatic rings. The van der Waals surface area contributed by atoms with Gasteiger partial charge in [-0.2, -0.15) is 8.75 Å². The van der Waals surface area contributed by atoms with Crippen LogP contribution in [0.25, 0.3) is 11.3 Å². The molecule has 0 aromatic carbocycles. The zero-order valence-corrected chi connectivity index (χ0v) is 14.7. The van der Waals surface area contributed by atoms with Crippen molar-refractivity contribution >= 4 is 29.3 Å². The Balaban J connectivity index is 1.84. The van der Waals surface area contributed by atoms with Crippen LogP contribution in [-0.2, 0) is 16.0 Å². The van der Waals surface area contributed by atoms with Gasteiger partial charge in [0, 0.05) is 36.3 Å². The average Bonchev–Trinajstić information content (AvgIpc) is 3.18. The number of hydrogen-bond acceptors (Lipinski definition) is 8. The number of nitrogens with zero attached hydrogens (tertiary/aromatic N) is 4. The summed E-state index contributed by atoms with van der Waals surface area (Å²) in [6, 6.07) is 7.36. The number of Topliss-reactive ketones (excluding diaryl/α,β-unsaturated/α-hetero) is 1. The molecule has 9 nitrogen and oxygen atoms in total. The number of hydrogen-bond donors (Lipinski definition) is 2. The third kappa shape index (κ3) is 4.36. The summed E-state index contributed by atoms with van der Waals surface area (Å²) in [5, 5.41) is 2.52. The van der Waals surface area contributed by atoms with E-state index in [0.29, 0.717) is 17.0 Å². The van der Waals surface area contributed by atoms with Crippen molar-refractivity contribution in [1.29, 1.82) is 0 Å². The molecule has 3 heterocycles. The largest absolute Gasteiger partial charge is 0.363 e. The third-order valence-corrected chi connectivity index (χ3v) is 4.19. The molecule has 0 aliphatic carbocycles. The second kappa shape index (κ2) is 8.23. The number of pyridine rings is 2. The summed E-state index contributed by atoms with van der Waals surface area (Å²) in [7, 11) is 0. The van der Waals surface area contributed by atoms with E-state index in [1.807, 2.05) is 0 Å². The summed E-state index contributed by atoms with van der Waals surface area (Å²) in [5.41, 5.74) is 6.72. The Labute approximate surface area is 158 Å². The summed E-state index contributed by atoms with van der Waals surface area (Å²) in [4.78, 5) is 44.2.